The van der Waals surface area contributed by atoms with E-state index in [4.69, 9.17) is 0 Å². The molecule has 0 bridgehead atoms. The Balaban J connectivity index is 1.91. The van der Waals surface area contributed by atoms with Gasteiger partial charge in [0.1, 0.15) is 0 Å². The summed E-state index contributed by atoms with van der Waals surface area (Å²) in [5, 5.41) is 12.4. The molecule has 0 aromatic rings. The molecule has 2 saturated carbocycles. The van der Waals surface area contributed by atoms with Crippen molar-refractivity contribution in [1.82, 2.24) is 5.32 Å². The summed E-state index contributed by atoms with van der Waals surface area (Å²) in [6.07, 6.45) is 9.38. The molecule has 2 aliphatic rings. The molecule has 0 aliphatic heterocycles. The van der Waals surface area contributed by atoms with Gasteiger partial charge in [0.05, 0.1) is 12.1 Å². The van der Waals surface area contributed by atoms with Crippen LogP contribution >= 0.6 is 0 Å². The first-order valence-electron chi connectivity index (χ1n) is 6.02. The molecule has 85 valence electrons. The largest absolute Gasteiger partial charge is 0.394 e. The zero-order chi connectivity index (χ0) is 10.7. The van der Waals surface area contributed by atoms with E-state index in [0.717, 1.165) is 44.9 Å². The number of amides is 1. The first-order chi connectivity index (χ1) is 7.26. The SMILES string of the molecule is O=C(NC1(CO)CCCC1)C1[CH]CCC1. The second kappa shape index (κ2) is 4.52. The van der Waals surface area contributed by atoms with E-state index in [1.54, 1.807) is 0 Å². The second-order valence-electron chi connectivity index (χ2n) is 4.91. The van der Waals surface area contributed by atoms with Gasteiger partial charge in [-0.1, -0.05) is 19.3 Å². The van der Waals surface area contributed by atoms with Gasteiger partial charge in [-0.05, 0) is 32.1 Å². The summed E-state index contributed by atoms with van der Waals surface area (Å²) in [5.41, 5.74) is -0.298. The van der Waals surface area contributed by atoms with E-state index in [-0.39, 0.29) is 24.0 Å². The van der Waals surface area contributed by atoms with Gasteiger partial charge >= 0.3 is 0 Å². The molecule has 0 aromatic carbocycles. The lowest BCUT2D eigenvalue weighted by atomic mass is 9.97. The van der Waals surface area contributed by atoms with Crippen molar-refractivity contribution >= 4 is 5.91 Å². The van der Waals surface area contributed by atoms with Crippen LogP contribution in [0.4, 0.5) is 0 Å². The van der Waals surface area contributed by atoms with Crippen molar-refractivity contribution < 1.29 is 9.90 Å². The Bertz CT molecular complexity index is 228. The Hall–Kier alpha value is -0.570. The second-order valence-corrected chi connectivity index (χ2v) is 4.91. The number of hydrogen-bond acceptors (Lipinski definition) is 2. The molecule has 2 rings (SSSR count). The maximum absolute atomic E-state index is 11.9. The van der Waals surface area contributed by atoms with Crippen LogP contribution in [0, 0.1) is 12.3 Å². The molecule has 2 N–H and O–H groups in total. The summed E-state index contributed by atoms with van der Waals surface area (Å²) >= 11 is 0. The quantitative estimate of drug-likeness (QED) is 0.740. The topological polar surface area (TPSA) is 49.3 Å². The maximum Gasteiger partial charge on any atom is 0.223 e. The average molecular weight is 210 g/mol. The third-order valence-corrected chi connectivity index (χ3v) is 3.76. The highest BCUT2D eigenvalue weighted by Crippen LogP contribution is 2.31. The van der Waals surface area contributed by atoms with Crippen molar-refractivity contribution in [2.75, 3.05) is 6.61 Å². The number of nitrogens with one attached hydrogen (secondary N) is 1. The molecule has 2 fully saturated rings. The fourth-order valence-electron chi connectivity index (χ4n) is 2.74. The number of carbonyl (C=O) groups excluding carboxylic acids is 1. The summed E-state index contributed by atoms with van der Waals surface area (Å²) in [6, 6.07) is 0. The smallest absolute Gasteiger partial charge is 0.223 e. The van der Waals surface area contributed by atoms with Crippen LogP contribution in [0.1, 0.15) is 44.9 Å². The molecular formula is C12H20NO2. The highest BCUT2D eigenvalue weighted by atomic mass is 16.3. The summed E-state index contributed by atoms with van der Waals surface area (Å²) in [7, 11) is 0. The fraction of sp³-hybridized carbons (Fsp3) is 0.833. The molecule has 2 aliphatic carbocycles. The number of hydrogen-bond donors (Lipinski definition) is 2. The van der Waals surface area contributed by atoms with Gasteiger partial charge in [-0.2, -0.15) is 0 Å². The molecule has 3 nitrogen and oxygen atoms in total. The lowest BCUT2D eigenvalue weighted by molar-refractivity contribution is -0.126. The van der Waals surface area contributed by atoms with Crippen molar-refractivity contribution in [2.45, 2.75) is 50.5 Å². The first-order valence-corrected chi connectivity index (χ1v) is 6.02. The average Bonchev–Trinajstić information content (AvgIpc) is 2.88. The van der Waals surface area contributed by atoms with Gasteiger partial charge in [-0.15, -0.1) is 0 Å². The number of rotatable bonds is 3. The van der Waals surface area contributed by atoms with Crippen molar-refractivity contribution in [2.24, 2.45) is 5.92 Å². The predicted octanol–water partition coefficient (Wildman–Crippen LogP) is 1.41. The lowest BCUT2D eigenvalue weighted by Gasteiger charge is -2.29. The highest BCUT2D eigenvalue weighted by Gasteiger charge is 2.36. The zero-order valence-electron chi connectivity index (χ0n) is 9.17. The minimum Gasteiger partial charge on any atom is -0.394 e. The van der Waals surface area contributed by atoms with E-state index >= 15 is 0 Å². The van der Waals surface area contributed by atoms with Crippen molar-refractivity contribution in [3.63, 3.8) is 0 Å². The minimum absolute atomic E-state index is 0.0887. The van der Waals surface area contributed by atoms with Crippen LogP contribution in [-0.2, 0) is 4.79 Å². The number of carbonyl (C=O) groups is 1. The Morgan fingerprint density at radius 2 is 2.13 bits per heavy atom. The zero-order valence-corrected chi connectivity index (χ0v) is 9.17. The number of aliphatic hydroxyl groups is 1. The standard InChI is InChI=1S/C12H20NO2/c14-9-12(7-3-4-8-12)13-11(15)10-5-1-2-6-10/h5,10,14H,1-4,6-9H2,(H,13,15). The normalized spacial score (nSPS) is 25.7. The van der Waals surface area contributed by atoms with E-state index in [1.807, 2.05) is 0 Å². The molecule has 1 atom stereocenters. The molecule has 0 spiro atoms. The van der Waals surface area contributed by atoms with Crippen LogP contribution in [0.2, 0.25) is 0 Å². The van der Waals surface area contributed by atoms with Crippen molar-refractivity contribution in [1.29, 1.82) is 0 Å². The van der Waals surface area contributed by atoms with Gasteiger partial charge in [0, 0.05) is 5.92 Å². The van der Waals surface area contributed by atoms with Crippen LogP contribution < -0.4 is 5.32 Å². The monoisotopic (exact) mass is 210 g/mol. The van der Waals surface area contributed by atoms with Gasteiger partial charge in [0.25, 0.3) is 0 Å². The third-order valence-electron chi connectivity index (χ3n) is 3.76. The van der Waals surface area contributed by atoms with E-state index in [9.17, 15) is 9.90 Å². The van der Waals surface area contributed by atoms with Crippen molar-refractivity contribution in [3.05, 3.63) is 6.42 Å². The maximum atomic E-state index is 11.9. The Kier molecular flexibility index (Phi) is 3.29. The van der Waals surface area contributed by atoms with Crippen LogP contribution in [0.15, 0.2) is 0 Å². The van der Waals surface area contributed by atoms with Gasteiger partial charge < -0.3 is 10.4 Å². The Morgan fingerprint density at radius 1 is 1.40 bits per heavy atom. The Morgan fingerprint density at radius 3 is 2.67 bits per heavy atom. The van der Waals surface area contributed by atoms with Crippen molar-refractivity contribution in [3.8, 4) is 0 Å². The van der Waals surface area contributed by atoms with Crippen LogP contribution in [0.25, 0.3) is 0 Å². The van der Waals surface area contributed by atoms with Crippen LogP contribution in [-0.4, -0.2) is 23.2 Å². The number of aliphatic hydroxyl groups excluding tert-OH is 1. The van der Waals surface area contributed by atoms with E-state index < -0.39 is 0 Å². The van der Waals surface area contributed by atoms with E-state index in [2.05, 4.69) is 11.7 Å². The highest BCUT2D eigenvalue weighted by molar-refractivity contribution is 5.81. The Labute approximate surface area is 91.2 Å². The van der Waals surface area contributed by atoms with Gasteiger partial charge in [-0.25, -0.2) is 0 Å². The van der Waals surface area contributed by atoms with Crippen LogP contribution in [0.5, 0.6) is 0 Å². The molecule has 0 saturated heterocycles. The fourth-order valence-corrected chi connectivity index (χ4v) is 2.74. The molecule has 1 unspecified atom stereocenters. The van der Waals surface area contributed by atoms with Gasteiger partial charge in [-0.3, -0.25) is 4.79 Å². The van der Waals surface area contributed by atoms with Gasteiger partial charge in [0.15, 0.2) is 0 Å². The predicted molar refractivity (Wildman–Crippen MR) is 58.1 cm³/mol. The molecule has 3 heteroatoms. The molecular weight excluding hydrogens is 190 g/mol. The molecule has 0 aromatic heterocycles. The van der Waals surface area contributed by atoms with E-state index in [1.165, 1.54) is 0 Å². The molecule has 1 radical (unpaired) electrons. The summed E-state index contributed by atoms with van der Waals surface area (Å²) in [6.45, 7) is 0.0887. The lowest BCUT2D eigenvalue weighted by Crippen LogP contribution is -2.50. The summed E-state index contributed by atoms with van der Waals surface area (Å²) < 4.78 is 0. The molecule has 1 amide bonds. The third kappa shape index (κ3) is 2.33. The van der Waals surface area contributed by atoms with E-state index in [0.29, 0.717) is 0 Å². The molecule has 15 heavy (non-hydrogen) atoms. The summed E-state index contributed by atoms with van der Waals surface area (Å²) in [5.74, 6) is 0.220. The van der Waals surface area contributed by atoms with Crippen LogP contribution in [0.3, 0.4) is 0 Å². The molecule has 0 heterocycles. The first kappa shape index (κ1) is 10.9. The minimum atomic E-state index is -0.298. The van der Waals surface area contributed by atoms with Gasteiger partial charge in [0.2, 0.25) is 5.91 Å². The summed E-state index contributed by atoms with van der Waals surface area (Å²) in [4.78, 5) is 11.9.